The van der Waals surface area contributed by atoms with Crippen molar-refractivity contribution in [2.24, 2.45) is 41.2 Å². The highest BCUT2D eigenvalue weighted by Crippen LogP contribution is 2.15. The zero-order valence-corrected chi connectivity index (χ0v) is 38.8. The first-order valence-electron chi connectivity index (χ1n) is 21.1. The van der Waals surface area contributed by atoms with Gasteiger partial charge in [0, 0.05) is 0 Å². The molecule has 0 aromatic rings. The fourth-order valence-corrected chi connectivity index (χ4v) is 5.75. The predicted octanol–water partition coefficient (Wildman–Crippen LogP) is 1.57. The second kappa shape index (κ2) is 28.9. The Kier molecular flexibility index (Phi) is 27.7. The Labute approximate surface area is 368 Å². The van der Waals surface area contributed by atoms with Gasteiger partial charge in [-0.15, -0.1) is 0 Å². The van der Waals surface area contributed by atoms with E-state index >= 15 is 0 Å². The van der Waals surface area contributed by atoms with E-state index in [9.17, 15) is 56.6 Å². The minimum absolute atomic E-state index is 0.0886. The molecule has 0 spiro atoms. The molecule has 11 N–H and O–H groups in total. The lowest BCUT2D eigenvalue weighted by atomic mass is 9.91. The Hall–Kier alpha value is -4.70. The summed E-state index contributed by atoms with van der Waals surface area (Å²) >= 11 is 0. The minimum Gasteiger partial charge on any atom is -0.480 e. The molecule has 0 rings (SSSR count). The summed E-state index contributed by atoms with van der Waals surface area (Å²) in [4.78, 5) is 114. The number of aliphatic carboxylic acids is 2. The number of amides is 5. The second-order valence-electron chi connectivity index (χ2n) is 17.6. The van der Waals surface area contributed by atoms with Gasteiger partial charge in [-0.05, 0) is 61.7 Å². The molecule has 8 unspecified atom stereocenters. The lowest BCUT2D eigenvalue weighted by Gasteiger charge is -2.29. The van der Waals surface area contributed by atoms with Crippen molar-refractivity contribution in [3.05, 3.63) is 0 Å². The van der Waals surface area contributed by atoms with Crippen LogP contribution in [0.2, 0.25) is 0 Å². The molecule has 22 heteroatoms. The summed E-state index contributed by atoms with van der Waals surface area (Å²) in [5, 5.41) is 29.6. The van der Waals surface area contributed by atoms with Crippen LogP contribution in [-0.2, 0) is 43.2 Å². The number of nitrogens with one attached hydrogen (secondary N) is 7. The van der Waals surface area contributed by atoms with Gasteiger partial charge in [0.1, 0.15) is 24.2 Å². The van der Waals surface area contributed by atoms with Crippen LogP contribution in [0.25, 0.3) is 0 Å². The third-order valence-electron chi connectivity index (χ3n) is 9.49. The number of halogens is 3. The third kappa shape index (κ3) is 24.1. The molecule has 0 saturated heterocycles. The van der Waals surface area contributed by atoms with Crippen molar-refractivity contribution in [2.45, 2.75) is 164 Å². The Bertz CT molecular complexity index is 1540. The molecule has 0 aliphatic rings. The zero-order chi connectivity index (χ0) is 49.7. The van der Waals surface area contributed by atoms with E-state index in [4.69, 9.17) is 15.6 Å². The van der Waals surface area contributed by atoms with Gasteiger partial charge in [-0.25, -0.2) is 15.6 Å². The fraction of sp³-hybridized carbons (Fsp3) is 0.780. The molecule has 364 valence electrons. The molecule has 0 heterocycles. The lowest BCUT2D eigenvalue weighted by Crippen LogP contribution is -2.61. The number of carboxylic acid groups (broad SMARTS) is 2. The van der Waals surface area contributed by atoms with Gasteiger partial charge in [0.15, 0.2) is 0 Å². The number of hydrazine groups is 1. The molecule has 0 bridgehead atoms. The Balaban J connectivity index is 0. The summed E-state index contributed by atoms with van der Waals surface area (Å²) in [6.07, 6.45) is -3.89. The Morgan fingerprint density at radius 3 is 1.35 bits per heavy atom. The van der Waals surface area contributed by atoms with Crippen LogP contribution in [0.15, 0.2) is 0 Å². The highest BCUT2D eigenvalue weighted by molar-refractivity contribution is 6.41. The molecule has 0 radical (unpaired) electrons. The summed E-state index contributed by atoms with van der Waals surface area (Å²) in [5.41, 5.74) is 11.4. The highest BCUT2D eigenvalue weighted by Gasteiger charge is 2.39. The molecular weight excluding hydrogens is 837 g/mol. The Morgan fingerprint density at radius 1 is 0.556 bits per heavy atom. The molecule has 0 aromatic heterocycles. The van der Waals surface area contributed by atoms with Crippen LogP contribution >= 0.6 is 0 Å². The van der Waals surface area contributed by atoms with Gasteiger partial charge >= 0.3 is 18.1 Å². The van der Waals surface area contributed by atoms with Crippen LogP contribution in [0.3, 0.4) is 0 Å². The van der Waals surface area contributed by atoms with E-state index in [2.05, 4.69) is 37.4 Å². The minimum atomic E-state index is -5.08. The maximum atomic E-state index is 13.8. The quantitative estimate of drug-likeness (QED) is 0.0414. The van der Waals surface area contributed by atoms with Crippen molar-refractivity contribution in [2.75, 3.05) is 6.54 Å². The van der Waals surface area contributed by atoms with Crippen LogP contribution in [0.5, 0.6) is 0 Å². The van der Waals surface area contributed by atoms with Crippen LogP contribution in [0, 0.1) is 35.5 Å². The first-order valence-corrected chi connectivity index (χ1v) is 21.1. The van der Waals surface area contributed by atoms with E-state index in [-0.39, 0.29) is 42.4 Å². The summed E-state index contributed by atoms with van der Waals surface area (Å²) in [5.74, 6) is -9.96. The summed E-state index contributed by atoms with van der Waals surface area (Å²) in [7, 11) is 0. The average molecular weight is 911 g/mol. The van der Waals surface area contributed by atoms with E-state index in [1.807, 2.05) is 48.5 Å². The predicted molar refractivity (Wildman–Crippen MR) is 227 cm³/mol. The van der Waals surface area contributed by atoms with Crippen molar-refractivity contribution in [1.82, 2.24) is 37.4 Å². The number of rotatable bonds is 27. The van der Waals surface area contributed by atoms with Crippen molar-refractivity contribution in [3.63, 3.8) is 0 Å². The fourth-order valence-electron chi connectivity index (χ4n) is 5.75. The molecule has 0 aromatic carbocycles. The first kappa shape index (κ1) is 60.4. The average Bonchev–Trinajstić information content (AvgIpc) is 3.14. The van der Waals surface area contributed by atoms with E-state index < -0.39 is 114 Å². The number of carbonyl (C=O) groups is 9. The number of ketones is 2. The molecule has 0 fully saturated rings. The topological polar surface area (TPSA) is 304 Å². The largest absolute Gasteiger partial charge is 0.490 e. The van der Waals surface area contributed by atoms with Crippen molar-refractivity contribution in [1.29, 1.82) is 0 Å². The maximum absolute atomic E-state index is 13.8. The number of carbonyl (C=O) groups excluding carboxylic acids is 7. The summed E-state index contributed by atoms with van der Waals surface area (Å²) < 4.78 is 31.7. The van der Waals surface area contributed by atoms with E-state index in [0.717, 1.165) is 0 Å². The van der Waals surface area contributed by atoms with Gasteiger partial charge in [0.2, 0.25) is 41.1 Å². The van der Waals surface area contributed by atoms with Gasteiger partial charge < -0.3 is 42.5 Å². The molecule has 63 heavy (non-hydrogen) atoms. The van der Waals surface area contributed by atoms with E-state index in [1.54, 1.807) is 34.6 Å². The molecule has 0 aliphatic carbocycles. The number of hydrogen-bond donors (Lipinski definition) is 10. The number of Topliss-reactive ketones (excluding diaryl/α,β-unsaturated/α-hetero) is 2. The van der Waals surface area contributed by atoms with Crippen LogP contribution in [0.4, 0.5) is 13.2 Å². The lowest BCUT2D eigenvalue weighted by molar-refractivity contribution is -0.192. The SMILES string of the molecule is CCC(C)C(NNC(C(=O)O)C(C)C)C(=O)NC(C)C(=O)NC(C(=O)NC(CC(C)C)C(=O)C(=O)C(CC(C)C)NC(=O)CNC(=O)C(N)CC(C)C)C(C)C.O=C(O)C(F)(F)F. The second-order valence-corrected chi connectivity index (χ2v) is 17.6. The Morgan fingerprint density at radius 2 is 0.968 bits per heavy atom. The smallest absolute Gasteiger partial charge is 0.480 e. The molecule has 19 nitrogen and oxygen atoms in total. The van der Waals surface area contributed by atoms with Gasteiger partial charge in [-0.3, -0.25) is 38.4 Å². The van der Waals surface area contributed by atoms with E-state index in [0.29, 0.717) is 12.8 Å². The summed E-state index contributed by atoms with van der Waals surface area (Å²) in [6.45, 7) is 22.5. The number of carboxylic acids is 2. The number of hydrogen-bond acceptors (Lipinski definition) is 12. The highest BCUT2D eigenvalue weighted by atomic mass is 19.4. The van der Waals surface area contributed by atoms with Gasteiger partial charge in [-0.2, -0.15) is 13.2 Å². The van der Waals surface area contributed by atoms with E-state index in [1.165, 1.54) is 6.92 Å². The molecule has 0 saturated carbocycles. The third-order valence-corrected chi connectivity index (χ3v) is 9.49. The van der Waals surface area contributed by atoms with Crippen molar-refractivity contribution in [3.8, 4) is 0 Å². The standard InChI is InChI=1S/C39H72N8O9.C2HF3O2/c1-14-24(12)32(47-46-31(23(10)11)39(55)56)38(54)42-25(13)35(51)45-30(22(8)9)37(53)44-28(17-21(6)7)34(50)33(49)27(16-20(4)5)43-29(48)18-41-36(52)26(40)15-19(2)3;3-2(4,5)1(6)7/h19-28,30-32,46-47H,14-18,40H2,1-13H3,(H,41,52)(H,42,54)(H,43,48)(H,44,53)(H,45,51)(H,55,56);(H,6,7). The van der Waals surface area contributed by atoms with Gasteiger partial charge in [0.05, 0.1) is 24.7 Å². The zero-order valence-electron chi connectivity index (χ0n) is 38.8. The summed E-state index contributed by atoms with van der Waals surface area (Å²) in [6, 6.07) is -7.45. The van der Waals surface area contributed by atoms with Crippen molar-refractivity contribution < 1.29 is 66.5 Å². The van der Waals surface area contributed by atoms with Crippen LogP contribution in [-0.4, -0.2) is 118 Å². The van der Waals surface area contributed by atoms with Crippen molar-refractivity contribution >= 4 is 53.0 Å². The van der Waals surface area contributed by atoms with Crippen LogP contribution < -0.4 is 43.2 Å². The molecular formula is C41H73F3N8O11. The molecule has 0 aliphatic heterocycles. The maximum Gasteiger partial charge on any atom is 0.490 e. The van der Waals surface area contributed by atoms with Gasteiger partial charge in [-0.1, -0.05) is 89.5 Å². The van der Waals surface area contributed by atoms with Gasteiger partial charge in [0.25, 0.3) is 0 Å². The number of alkyl halides is 3. The van der Waals surface area contributed by atoms with Crippen LogP contribution in [0.1, 0.15) is 116 Å². The first-order chi connectivity index (χ1) is 28.8. The molecule has 8 atom stereocenters. The number of nitrogens with two attached hydrogens (primary N) is 1. The normalized spacial score (nSPS) is 15.5. The molecule has 5 amide bonds. The monoisotopic (exact) mass is 911 g/mol.